The standard InChI is InChI=1S/C75H116O6/c1-4-7-10-13-16-19-22-25-27-29-31-32-33-34-35-36-37-38-39-40-41-42-44-45-47-50-53-56-59-62-65-68-74(77)80-71-72(70-79-73(76)67-64-61-58-55-52-49-24-21-18-15-12-9-6-3)81-75(78)69-66-63-60-57-54-51-48-46-43-30-28-26-23-20-17-14-11-8-5-2/h7,9-10,12,16-21,25-28,31-32,34-35,37-38,40-41,44-45,49-50,52-53,58,61,72H,4-6,8,11,13-15,22-24,29-30,33,36,39,42-43,46-48,51,54-57,59-60,62-71H2,1-3H3/b10-7-,12-9-,19-16-,20-17-,21-18-,27-25-,28-26-,32-31-,35-34-,38-37-,41-40-,45-44-,52-49-,53-50-,61-58-. The predicted molar refractivity (Wildman–Crippen MR) is 352 cm³/mol. The molecule has 81 heavy (non-hydrogen) atoms. The zero-order valence-electron chi connectivity index (χ0n) is 51.7. The Bertz CT molecular complexity index is 1900. The average molecular weight is 1110 g/mol. The third-order valence-corrected chi connectivity index (χ3v) is 12.9. The van der Waals surface area contributed by atoms with Crippen LogP contribution in [-0.2, 0) is 28.6 Å². The van der Waals surface area contributed by atoms with Crippen molar-refractivity contribution in [3.63, 3.8) is 0 Å². The van der Waals surface area contributed by atoms with Crippen molar-refractivity contribution in [2.24, 2.45) is 0 Å². The quantitative estimate of drug-likeness (QED) is 0.0261. The summed E-state index contributed by atoms with van der Waals surface area (Å²) < 4.78 is 16.8. The van der Waals surface area contributed by atoms with E-state index in [-0.39, 0.29) is 37.5 Å². The first-order chi connectivity index (χ1) is 40.0. The monoisotopic (exact) mass is 1110 g/mol. The van der Waals surface area contributed by atoms with Gasteiger partial charge in [-0.05, 0) is 148 Å². The molecule has 0 saturated heterocycles. The molecular formula is C75H116O6. The highest BCUT2D eigenvalue weighted by Crippen LogP contribution is 2.14. The van der Waals surface area contributed by atoms with E-state index in [1.165, 1.54) is 70.6 Å². The number of carbonyl (C=O) groups is 3. The molecule has 6 heteroatoms. The van der Waals surface area contributed by atoms with Crippen molar-refractivity contribution in [3.8, 4) is 0 Å². The molecule has 452 valence electrons. The maximum absolute atomic E-state index is 12.9. The number of esters is 3. The van der Waals surface area contributed by atoms with Crippen molar-refractivity contribution >= 4 is 17.9 Å². The maximum atomic E-state index is 12.9. The Hall–Kier alpha value is -5.49. The summed E-state index contributed by atoms with van der Waals surface area (Å²) in [6.45, 7) is 6.28. The van der Waals surface area contributed by atoms with Gasteiger partial charge in [0.15, 0.2) is 6.10 Å². The van der Waals surface area contributed by atoms with Crippen molar-refractivity contribution in [2.45, 2.75) is 258 Å². The van der Waals surface area contributed by atoms with E-state index in [4.69, 9.17) is 14.2 Å². The number of hydrogen-bond donors (Lipinski definition) is 0. The van der Waals surface area contributed by atoms with Gasteiger partial charge in [-0.1, -0.05) is 267 Å². The fraction of sp³-hybridized carbons (Fsp3) is 0.560. The summed E-state index contributed by atoms with van der Waals surface area (Å²) in [5.41, 5.74) is 0. The molecule has 0 aliphatic carbocycles. The van der Waals surface area contributed by atoms with Crippen LogP contribution in [0.4, 0.5) is 0 Å². The summed E-state index contributed by atoms with van der Waals surface area (Å²) in [5.74, 6) is -1.05. The molecule has 0 aromatic rings. The molecule has 0 aliphatic rings. The molecule has 0 aromatic heterocycles. The van der Waals surface area contributed by atoms with Crippen LogP contribution >= 0.6 is 0 Å². The lowest BCUT2D eigenvalue weighted by molar-refractivity contribution is -0.166. The van der Waals surface area contributed by atoms with E-state index < -0.39 is 6.10 Å². The molecule has 0 spiro atoms. The summed E-state index contributed by atoms with van der Waals surface area (Å²) in [5, 5.41) is 0. The minimum Gasteiger partial charge on any atom is -0.462 e. The van der Waals surface area contributed by atoms with Gasteiger partial charge in [0.2, 0.25) is 0 Å². The van der Waals surface area contributed by atoms with Gasteiger partial charge in [-0.2, -0.15) is 0 Å². The van der Waals surface area contributed by atoms with Crippen LogP contribution in [0.3, 0.4) is 0 Å². The van der Waals surface area contributed by atoms with Crippen molar-refractivity contribution < 1.29 is 28.6 Å². The van der Waals surface area contributed by atoms with E-state index in [9.17, 15) is 14.4 Å². The SMILES string of the molecule is CC/C=C\C/C=C\C/C=C\C/C=C\C/C=C\C/C=C\C/C=C\C/C=C\C/C=C\CCCCCC(=O)OCC(COC(=O)CC/C=C\C/C=C\C/C=C\C/C=C\CC)OC(=O)CCCCCCCCCCC/C=C\C/C=C\CCCCC. The fourth-order valence-electron chi connectivity index (χ4n) is 8.12. The van der Waals surface area contributed by atoms with Crippen LogP contribution in [0.2, 0.25) is 0 Å². The number of unbranched alkanes of at least 4 members (excludes halogenated alkanes) is 15. The first-order valence-corrected chi connectivity index (χ1v) is 32.3. The Balaban J connectivity index is 4.46. The van der Waals surface area contributed by atoms with E-state index in [0.717, 1.165) is 135 Å². The number of ether oxygens (including phenoxy) is 3. The topological polar surface area (TPSA) is 78.9 Å². The number of rotatable bonds is 56. The average Bonchev–Trinajstić information content (AvgIpc) is 3.46. The minimum atomic E-state index is -0.834. The minimum absolute atomic E-state index is 0.128. The Morgan fingerprint density at radius 1 is 0.259 bits per heavy atom. The van der Waals surface area contributed by atoms with Gasteiger partial charge in [0.1, 0.15) is 13.2 Å². The molecule has 0 fully saturated rings. The highest BCUT2D eigenvalue weighted by molar-refractivity contribution is 5.71. The zero-order valence-corrected chi connectivity index (χ0v) is 51.7. The second-order valence-corrected chi connectivity index (χ2v) is 20.5. The first-order valence-electron chi connectivity index (χ1n) is 32.3. The largest absolute Gasteiger partial charge is 0.462 e. The van der Waals surface area contributed by atoms with Gasteiger partial charge in [0.25, 0.3) is 0 Å². The summed E-state index contributed by atoms with van der Waals surface area (Å²) in [6, 6.07) is 0. The number of allylic oxidation sites excluding steroid dienone is 30. The van der Waals surface area contributed by atoms with E-state index in [1.807, 2.05) is 12.2 Å². The first kappa shape index (κ1) is 75.5. The second kappa shape index (κ2) is 67.0. The Morgan fingerprint density at radius 2 is 0.506 bits per heavy atom. The molecule has 1 atom stereocenters. The molecule has 0 N–H and O–H groups in total. The third-order valence-electron chi connectivity index (χ3n) is 12.9. The lowest BCUT2D eigenvalue weighted by atomic mass is 10.1. The molecule has 0 rings (SSSR count). The summed E-state index contributed by atoms with van der Waals surface area (Å²) >= 11 is 0. The molecular weight excluding hydrogens is 997 g/mol. The van der Waals surface area contributed by atoms with Crippen LogP contribution in [0.15, 0.2) is 182 Å². The predicted octanol–water partition coefficient (Wildman–Crippen LogP) is 22.4. The van der Waals surface area contributed by atoms with Crippen LogP contribution in [0, 0.1) is 0 Å². The highest BCUT2D eigenvalue weighted by atomic mass is 16.6. The molecule has 0 heterocycles. The smallest absolute Gasteiger partial charge is 0.306 e. The van der Waals surface area contributed by atoms with Gasteiger partial charge >= 0.3 is 17.9 Å². The van der Waals surface area contributed by atoms with Gasteiger partial charge in [-0.3, -0.25) is 14.4 Å². The van der Waals surface area contributed by atoms with Gasteiger partial charge < -0.3 is 14.2 Å². The van der Waals surface area contributed by atoms with Crippen LogP contribution in [0.1, 0.15) is 252 Å². The van der Waals surface area contributed by atoms with Crippen LogP contribution in [0.5, 0.6) is 0 Å². The van der Waals surface area contributed by atoms with E-state index in [0.29, 0.717) is 19.3 Å². The van der Waals surface area contributed by atoms with Gasteiger partial charge in [0, 0.05) is 19.3 Å². The van der Waals surface area contributed by atoms with Crippen molar-refractivity contribution in [1.82, 2.24) is 0 Å². The fourth-order valence-corrected chi connectivity index (χ4v) is 8.12. The molecule has 0 radical (unpaired) electrons. The molecule has 0 aliphatic heterocycles. The molecule has 0 bridgehead atoms. The van der Waals surface area contributed by atoms with E-state index in [1.54, 1.807) is 0 Å². The lowest BCUT2D eigenvalue weighted by Crippen LogP contribution is -2.30. The van der Waals surface area contributed by atoms with Crippen molar-refractivity contribution in [1.29, 1.82) is 0 Å². The Morgan fingerprint density at radius 3 is 0.840 bits per heavy atom. The normalized spacial score (nSPS) is 13.4. The van der Waals surface area contributed by atoms with E-state index in [2.05, 4.69) is 191 Å². The maximum Gasteiger partial charge on any atom is 0.306 e. The second-order valence-electron chi connectivity index (χ2n) is 20.5. The van der Waals surface area contributed by atoms with Crippen molar-refractivity contribution in [3.05, 3.63) is 182 Å². The molecule has 0 saturated carbocycles. The lowest BCUT2D eigenvalue weighted by Gasteiger charge is -2.18. The molecule has 0 aromatic carbocycles. The summed E-state index contributed by atoms with van der Waals surface area (Å²) in [7, 11) is 0. The van der Waals surface area contributed by atoms with Crippen LogP contribution in [-0.4, -0.2) is 37.2 Å². The van der Waals surface area contributed by atoms with Crippen LogP contribution < -0.4 is 0 Å². The van der Waals surface area contributed by atoms with Gasteiger partial charge in [-0.25, -0.2) is 0 Å². The van der Waals surface area contributed by atoms with E-state index >= 15 is 0 Å². The molecule has 1 unspecified atom stereocenters. The van der Waals surface area contributed by atoms with Gasteiger partial charge in [-0.15, -0.1) is 0 Å². The number of carbonyl (C=O) groups excluding carboxylic acids is 3. The Labute approximate surface area is 497 Å². The zero-order chi connectivity index (χ0) is 58.5. The third kappa shape index (κ3) is 65.2. The summed E-state index contributed by atoms with van der Waals surface area (Å²) in [4.78, 5) is 38.2. The highest BCUT2D eigenvalue weighted by Gasteiger charge is 2.19. The van der Waals surface area contributed by atoms with Gasteiger partial charge in [0.05, 0.1) is 0 Å². The van der Waals surface area contributed by atoms with Crippen molar-refractivity contribution in [2.75, 3.05) is 13.2 Å². The molecule has 0 amide bonds. The Kier molecular flexibility index (Phi) is 62.5. The summed E-state index contributed by atoms with van der Waals surface area (Å²) in [6.07, 6.45) is 101. The number of hydrogen-bond acceptors (Lipinski definition) is 6. The molecule has 6 nitrogen and oxygen atoms in total. The van der Waals surface area contributed by atoms with Crippen LogP contribution in [0.25, 0.3) is 0 Å².